The molecule has 2 heterocycles. The van der Waals surface area contributed by atoms with Gasteiger partial charge in [0.1, 0.15) is 4.21 Å². The monoisotopic (exact) mass is 332 g/mol. The average Bonchev–Trinajstić information content (AvgIpc) is 2.97. The summed E-state index contributed by atoms with van der Waals surface area (Å²) in [6.07, 6.45) is 2.67. The third-order valence-corrected chi connectivity index (χ3v) is 7.18. The lowest BCUT2D eigenvalue weighted by Gasteiger charge is -2.30. The van der Waals surface area contributed by atoms with Gasteiger partial charge in [0.2, 0.25) is 0 Å². The van der Waals surface area contributed by atoms with Gasteiger partial charge in [0, 0.05) is 25.1 Å². The molecule has 0 amide bonds. The van der Waals surface area contributed by atoms with E-state index in [4.69, 9.17) is 4.74 Å². The van der Waals surface area contributed by atoms with Gasteiger partial charge < -0.3 is 10.1 Å². The number of nitrogens with zero attached hydrogens (tertiary/aromatic N) is 1. The topological polar surface area (TPSA) is 58.6 Å². The molecule has 5 nitrogen and oxygen atoms in total. The molecule has 0 spiro atoms. The maximum Gasteiger partial charge on any atom is 0.252 e. The fourth-order valence-corrected chi connectivity index (χ4v) is 5.48. The molecule has 0 bridgehead atoms. The second-order valence-corrected chi connectivity index (χ2v) is 8.52. The van der Waals surface area contributed by atoms with E-state index in [1.807, 2.05) is 6.07 Å². The van der Waals surface area contributed by atoms with E-state index in [1.165, 1.54) is 11.3 Å². The standard InChI is InChI=1S/C14H24N2O3S2/c1-3-15-9-8-13-6-7-14(20-13)21(17,18)16-10-4-5-12(11-16)19-2/h6-7,12,15H,3-5,8-11H2,1-2H3. The van der Waals surface area contributed by atoms with Crippen molar-refractivity contribution in [3.63, 3.8) is 0 Å². The first-order chi connectivity index (χ1) is 10.1. The van der Waals surface area contributed by atoms with Crippen molar-refractivity contribution in [2.24, 2.45) is 0 Å². The normalized spacial score (nSPS) is 20.8. The molecule has 1 unspecified atom stereocenters. The number of rotatable bonds is 7. The van der Waals surface area contributed by atoms with Gasteiger partial charge in [-0.05, 0) is 44.5 Å². The van der Waals surface area contributed by atoms with Crippen LogP contribution in [0.5, 0.6) is 0 Å². The largest absolute Gasteiger partial charge is 0.380 e. The minimum atomic E-state index is -3.36. The van der Waals surface area contributed by atoms with Crippen LogP contribution in [-0.2, 0) is 21.2 Å². The summed E-state index contributed by atoms with van der Waals surface area (Å²) in [5.41, 5.74) is 0. The summed E-state index contributed by atoms with van der Waals surface area (Å²) in [5, 5.41) is 3.25. The third kappa shape index (κ3) is 4.26. The minimum Gasteiger partial charge on any atom is -0.380 e. The number of ether oxygens (including phenoxy) is 1. The van der Waals surface area contributed by atoms with E-state index in [1.54, 1.807) is 17.5 Å². The Labute approximate surface area is 131 Å². The lowest BCUT2D eigenvalue weighted by atomic mass is 10.1. The first-order valence-corrected chi connectivity index (χ1v) is 9.66. The first kappa shape index (κ1) is 16.9. The van der Waals surface area contributed by atoms with Crippen LogP contribution in [0.15, 0.2) is 16.3 Å². The zero-order chi connectivity index (χ0) is 15.3. The van der Waals surface area contributed by atoms with E-state index in [2.05, 4.69) is 12.2 Å². The Kier molecular flexibility index (Phi) is 6.19. The zero-order valence-electron chi connectivity index (χ0n) is 12.7. The molecule has 120 valence electrons. The molecule has 1 fully saturated rings. The molecule has 2 rings (SSSR count). The summed E-state index contributed by atoms with van der Waals surface area (Å²) in [6, 6.07) is 3.66. The highest BCUT2D eigenvalue weighted by Gasteiger charge is 2.31. The van der Waals surface area contributed by atoms with Crippen LogP contribution in [0.3, 0.4) is 0 Å². The second kappa shape index (κ2) is 7.69. The first-order valence-electron chi connectivity index (χ1n) is 7.40. The molecule has 21 heavy (non-hydrogen) atoms. The molecule has 7 heteroatoms. The summed E-state index contributed by atoms with van der Waals surface area (Å²) in [5.74, 6) is 0. The lowest BCUT2D eigenvalue weighted by Crippen LogP contribution is -2.42. The van der Waals surface area contributed by atoms with E-state index in [-0.39, 0.29) is 6.10 Å². The van der Waals surface area contributed by atoms with Crippen LogP contribution in [0, 0.1) is 0 Å². The summed E-state index contributed by atoms with van der Waals surface area (Å²) < 4.78 is 32.6. The van der Waals surface area contributed by atoms with Gasteiger partial charge in [0.25, 0.3) is 10.0 Å². The average molecular weight is 332 g/mol. The SMILES string of the molecule is CCNCCc1ccc(S(=O)(=O)N2CCCC(OC)C2)s1. The molecule has 0 saturated carbocycles. The van der Waals surface area contributed by atoms with Crippen LogP contribution >= 0.6 is 11.3 Å². The van der Waals surface area contributed by atoms with Crippen molar-refractivity contribution in [2.75, 3.05) is 33.3 Å². The van der Waals surface area contributed by atoms with Crippen LogP contribution in [0.25, 0.3) is 0 Å². The molecule has 0 aromatic carbocycles. The molecule has 1 saturated heterocycles. The number of likely N-dealkylation sites (N-methyl/N-ethyl adjacent to an activating group) is 1. The van der Waals surface area contributed by atoms with Crippen LogP contribution in [0.4, 0.5) is 0 Å². The van der Waals surface area contributed by atoms with Gasteiger partial charge in [-0.25, -0.2) is 8.42 Å². The van der Waals surface area contributed by atoms with Gasteiger partial charge in [0.15, 0.2) is 0 Å². The van der Waals surface area contributed by atoms with Gasteiger partial charge in [-0.1, -0.05) is 6.92 Å². The Morgan fingerprint density at radius 1 is 1.48 bits per heavy atom. The summed E-state index contributed by atoms with van der Waals surface area (Å²) in [4.78, 5) is 1.11. The highest BCUT2D eigenvalue weighted by Crippen LogP contribution is 2.27. The number of piperidine rings is 1. The van der Waals surface area contributed by atoms with Gasteiger partial charge in [-0.2, -0.15) is 4.31 Å². The van der Waals surface area contributed by atoms with Crippen molar-refractivity contribution in [1.82, 2.24) is 9.62 Å². The van der Waals surface area contributed by atoms with Crippen molar-refractivity contribution in [2.45, 2.75) is 36.5 Å². The molecule has 1 aromatic rings. The maximum absolute atomic E-state index is 12.7. The predicted molar refractivity (Wildman–Crippen MR) is 85.4 cm³/mol. The van der Waals surface area contributed by atoms with Crippen molar-refractivity contribution >= 4 is 21.4 Å². The Balaban J connectivity index is 2.05. The molecule has 1 atom stereocenters. The minimum absolute atomic E-state index is 0.0155. The van der Waals surface area contributed by atoms with Crippen LogP contribution in [0.2, 0.25) is 0 Å². The molecular weight excluding hydrogens is 308 g/mol. The van der Waals surface area contributed by atoms with Gasteiger partial charge in [0.05, 0.1) is 6.10 Å². The van der Waals surface area contributed by atoms with Crippen molar-refractivity contribution in [1.29, 1.82) is 0 Å². The summed E-state index contributed by atoms with van der Waals surface area (Å²) in [6.45, 7) is 4.93. The maximum atomic E-state index is 12.7. The molecule has 0 aliphatic carbocycles. The van der Waals surface area contributed by atoms with E-state index >= 15 is 0 Å². The highest BCUT2D eigenvalue weighted by atomic mass is 32.2. The fraction of sp³-hybridized carbons (Fsp3) is 0.714. The number of methoxy groups -OCH3 is 1. The predicted octanol–water partition coefficient (Wildman–Crippen LogP) is 1.70. The molecule has 1 aromatic heterocycles. The van der Waals surface area contributed by atoms with E-state index in [0.717, 1.165) is 37.2 Å². The lowest BCUT2D eigenvalue weighted by molar-refractivity contribution is 0.0572. The quantitative estimate of drug-likeness (QED) is 0.772. The van der Waals surface area contributed by atoms with Crippen LogP contribution in [-0.4, -0.2) is 52.1 Å². The van der Waals surface area contributed by atoms with Crippen molar-refractivity contribution < 1.29 is 13.2 Å². The third-order valence-electron chi connectivity index (χ3n) is 3.70. The van der Waals surface area contributed by atoms with E-state index in [0.29, 0.717) is 17.3 Å². The second-order valence-electron chi connectivity index (χ2n) is 5.19. The highest BCUT2D eigenvalue weighted by molar-refractivity contribution is 7.91. The summed E-state index contributed by atoms with van der Waals surface area (Å²) in [7, 11) is -1.72. The van der Waals surface area contributed by atoms with Gasteiger partial charge >= 0.3 is 0 Å². The number of nitrogens with one attached hydrogen (secondary N) is 1. The summed E-state index contributed by atoms with van der Waals surface area (Å²) >= 11 is 1.38. The van der Waals surface area contributed by atoms with Crippen LogP contribution < -0.4 is 5.32 Å². The van der Waals surface area contributed by atoms with Gasteiger partial charge in [-0.15, -0.1) is 11.3 Å². The van der Waals surface area contributed by atoms with Crippen molar-refractivity contribution in [3.8, 4) is 0 Å². The smallest absolute Gasteiger partial charge is 0.252 e. The molecule has 1 aliphatic rings. The molecular formula is C14H24N2O3S2. The fourth-order valence-electron chi connectivity index (χ4n) is 2.46. The van der Waals surface area contributed by atoms with E-state index < -0.39 is 10.0 Å². The number of sulfonamides is 1. The molecule has 0 radical (unpaired) electrons. The van der Waals surface area contributed by atoms with Gasteiger partial charge in [-0.3, -0.25) is 0 Å². The Bertz CT molecular complexity index is 542. The molecule has 1 aliphatic heterocycles. The number of hydrogen-bond acceptors (Lipinski definition) is 5. The number of thiophene rings is 1. The Hall–Kier alpha value is -0.470. The zero-order valence-corrected chi connectivity index (χ0v) is 14.3. The molecule has 1 N–H and O–H groups in total. The van der Waals surface area contributed by atoms with E-state index in [9.17, 15) is 8.42 Å². The Morgan fingerprint density at radius 2 is 2.29 bits per heavy atom. The van der Waals surface area contributed by atoms with Crippen molar-refractivity contribution in [3.05, 3.63) is 17.0 Å². The Morgan fingerprint density at radius 3 is 3.00 bits per heavy atom. The number of hydrogen-bond donors (Lipinski definition) is 1. The van der Waals surface area contributed by atoms with Crippen LogP contribution in [0.1, 0.15) is 24.6 Å².